The zero-order valence-corrected chi connectivity index (χ0v) is 8.59. The Hall–Kier alpha value is -0.870. The van der Waals surface area contributed by atoms with Crippen LogP contribution in [0.1, 0.15) is 12.8 Å². The van der Waals surface area contributed by atoms with E-state index in [-0.39, 0.29) is 5.91 Å². The van der Waals surface area contributed by atoms with Crippen LogP contribution in [0.3, 0.4) is 0 Å². The maximum atomic E-state index is 11.8. The van der Waals surface area contributed by atoms with Gasteiger partial charge in [-0.25, -0.2) is 0 Å². The van der Waals surface area contributed by atoms with Crippen LogP contribution in [0.2, 0.25) is 0 Å². The Kier molecular flexibility index (Phi) is 1.85. The minimum Gasteiger partial charge on any atom is -0.311 e. The molecule has 2 fully saturated rings. The van der Waals surface area contributed by atoms with E-state index in [9.17, 15) is 4.79 Å². The average molecular weight is 208 g/mol. The molecule has 0 aromatic carbocycles. The SMILES string of the molecule is O=C1C[C@@H]2NCC[C@@H]2N1c1ccsc1. The van der Waals surface area contributed by atoms with Crippen molar-refractivity contribution >= 4 is 22.9 Å². The van der Waals surface area contributed by atoms with Crippen LogP contribution in [-0.2, 0) is 4.79 Å². The number of anilines is 1. The summed E-state index contributed by atoms with van der Waals surface area (Å²) in [5.41, 5.74) is 1.08. The molecule has 3 nitrogen and oxygen atoms in total. The van der Waals surface area contributed by atoms with Gasteiger partial charge in [0.25, 0.3) is 0 Å². The highest BCUT2D eigenvalue weighted by Crippen LogP contribution is 2.32. The number of amides is 1. The molecule has 3 rings (SSSR count). The molecule has 2 aliphatic heterocycles. The lowest BCUT2D eigenvalue weighted by atomic mass is 10.1. The molecule has 0 saturated carbocycles. The summed E-state index contributed by atoms with van der Waals surface area (Å²) in [4.78, 5) is 13.8. The third kappa shape index (κ3) is 1.11. The molecule has 2 atom stereocenters. The van der Waals surface area contributed by atoms with Crippen molar-refractivity contribution in [2.24, 2.45) is 0 Å². The molecule has 0 radical (unpaired) electrons. The molecule has 1 N–H and O–H groups in total. The highest BCUT2D eigenvalue weighted by molar-refractivity contribution is 7.08. The third-order valence-electron chi connectivity index (χ3n) is 3.09. The van der Waals surface area contributed by atoms with Crippen molar-refractivity contribution in [3.8, 4) is 0 Å². The van der Waals surface area contributed by atoms with Gasteiger partial charge in [0.15, 0.2) is 0 Å². The maximum Gasteiger partial charge on any atom is 0.228 e. The Morgan fingerprint density at radius 1 is 1.57 bits per heavy atom. The monoisotopic (exact) mass is 208 g/mol. The van der Waals surface area contributed by atoms with Gasteiger partial charge >= 0.3 is 0 Å². The van der Waals surface area contributed by atoms with Crippen LogP contribution in [0, 0.1) is 0 Å². The quantitative estimate of drug-likeness (QED) is 0.752. The number of fused-ring (bicyclic) bond motifs is 1. The van der Waals surface area contributed by atoms with E-state index < -0.39 is 0 Å². The fourth-order valence-corrected chi connectivity index (χ4v) is 3.10. The second kappa shape index (κ2) is 3.07. The van der Waals surface area contributed by atoms with Crippen molar-refractivity contribution < 1.29 is 4.79 Å². The van der Waals surface area contributed by atoms with Crippen LogP contribution in [0.5, 0.6) is 0 Å². The summed E-state index contributed by atoms with van der Waals surface area (Å²) in [5, 5.41) is 7.46. The highest BCUT2D eigenvalue weighted by atomic mass is 32.1. The second-order valence-electron chi connectivity index (χ2n) is 3.87. The fourth-order valence-electron chi connectivity index (χ4n) is 2.47. The van der Waals surface area contributed by atoms with Crippen LogP contribution >= 0.6 is 11.3 Å². The van der Waals surface area contributed by atoms with E-state index in [0.29, 0.717) is 18.5 Å². The van der Waals surface area contributed by atoms with Crippen molar-refractivity contribution in [3.63, 3.8) is 0 Å². The molecule has 2 saturated heterocycles. The van der Waals surface area contributed by atoms with Gasteiger partial charge in [-0.05, 0) is 24.4 Å². The Morgan fingerprint density at radius 3 is 3.29 bits per heavy atom. The number of hydrogen-bond donors (Lipinski definition) is 1. The molecule has 74 valence electrons. The molecule has 1 amide bonds. The molecule has 0 bridgehead atoms. The summed E-state index contributed by atoms with van der Waals surface area (Å²) >= 11 is 1.65. The number of hydrogen-bond acceptors (Lipinski definition) is 3. The summed E-state index contributed by atoms with van der Waals surface area (Å²) in [6, 6.07) is 2.82. The lowest BCUT2D eigenvalue weighted by molar-refractivity contribution is -0.117. The first-order chi connectivity index (χ1) is 6.86. The van der Waals surface area contributed by atoms with Crippen LogP contribution in [-0.4, -0.2) is 24.5 Å². The van der Waals surface area contributed by atoms with E-state index in [1.165, 1.54) is 0 Å². The van der Waals surface area contributed by atoms with Crippen LogP contribution in [0.25, 0.3) is 0 Å². The number of carbonyl (C=O) groups excluding carboxylic acids is 1. The standard InChI is InChI=1S/C10H12N2OS/c13-10-5-8-9(1-3-11-8)12(10)7-2-4-14-6-7/h2,4,6,8-9,11H,1,3,5H2/t8-,9-/m0/s1. The lowest BCUT2D eigenvalue weighted by Gasteiger charge is -2.21. The van der Waals surface area contributed by atoms with Gasteiger partial charge in [0.1, 0.15) is 0 Å². The average Bonchev–Trinajstić information content (AvgIpc) is 2.78. The zero-order chi connectivity index (χ0) is 9.54. The molecular formula is C10H12N2OS. The van der Waals surface area contributed by atoms with Gasteiger partial charge < -0.3 is 10.2 Å². The first-order valence-corrected chi connectivity index (χ1v) is 5.88. The Morgan fingerprint density at radius 2 is 2.50 bits per heavy atom. The first kappa shape index (κ1) is 8.44. The van der Waals surface area contributed by atoms with E-state index in [4.69, 9.17) is 0 Å². The van der Waals surface area contributed by atoms with E-state index in [0.717, 1.165) is 18.7 Å². The summed E-state index contributed by atoms with van der Waals surface area (Å²) in [6.07, 6.45) is 1.76. The van der Waals surface area contributed by atoms with Gasteiger partial charge in [-0.3, -0.25) is 4.79 Å². The zero-order valence-electron chi connectivity index (χ0n) is 7.77. The maximum absolute atomic E-state index is 11.8. The van der Waals surface area contributed by atoms with Crippen LogP contribution in [0.4, 0.5) is 5.69 Å². The molecule has 1 aromatic heterocycles. The summed E-state index contributed by atoms with van der Waals surface area (Å²) in [5.74, 6) is 0.269. The second-order valence-corrected chi connectivity index (χ2v) is 4.65. The predicted octanol–water partition coefficient (Wildman–Crippen LogP) is 1.22. The van der Waals surface area contributed by atoms with Crippen molar-refractivity contribution in [1.29, 1.82) is 0 Å². The van der Waals surface area contributed by atoms with Crippen molar-refractivity contribution in [3.05, 3.63) is 16.8 Å². The molecule has 0 aliphatic carbocycles. The van der Waals surface area contributed by atoms with E-state index in [1.807, 2.05) is 16.3 Å². The van der Waals surface area contributed by atoms with Gasteiger partial charge in [0.05, 0.1) is 11.7 Å². The lowest BCUT2D eigenvalue weighted by Crippen LogP contribution is -2.35. The van der Waals surface area contributed by atoms with E-state index >= 15 is 0 Å². The summed E-state index contributed by atoms with van der Waals surface area (Å²) < 4.78 is 0. The number of thiophene rings is 1. The Bertz CT molecular complexity index is 349. The van der Waals surface area contributed by atoms with E-state index in [1.54, 1.807) is 11.3 Å². The number of nitrogens with zero attached hydrogens (tertiary/aromatic N) is 1. The van der Waals surface area contributed by atoms with Gasteiger partial charge in [0, 0.05) is 17.8 Å². The highest BCUT2D eigenvalue weighted by Gasteiger charge is 2.43. The minimum absolute atomic E-state index is 0.269. The molecule has 4 heteroatoms. The first-order valence-electron chi connectivity index (χ1n) is 4.94. The normalized spacial score (nSPS) is 31.1. The molecule has 1 aromatic rings. The van der Waals surface area contributed by atoms with Gasteiger partial charge in [0.2, 0.25) is 5.91 Å². The van der Waals surface area contributed by atoms with Crippen LogP contribution in [0.15, 0.2) is 16.8 Å². The van der Waals surface area contributed by atoms with Gasteiger partial charge in [-0.2, -0.15) is 11.3 Å². The summed E-state index contributed by atoms with van der Waals surface area (Å²) in [6.45, 7) is 1.04. The minimum atomic E-state index is 0.269. The molecule has 0 spiro atoms. The largest absolute Gasteiger partial charge is 0.311 e. The summed E-state index contributed by atoms with van der Waals surface area (Å²) in [7, 11) is 0. The van der Waals surface area contributed by atoms with Crippen molar-refractivity contribution in [1.82, 2.24) is 5.32 Å². The molecule has 3 heterocycles. The number of carbonyl (C=O) groups is 1. The fraction of sp³-hybridized carbons (Fsp3) is 0.500. The molecule has 0 unspecified atom stereocenters. The smallest absolute Gasteiger partial charge is 0.228 e. The number of nitrogens with one attached hydrogen (secondary N) is 1. The van der Waals surface area contributed by atoms with Gasteiger partial charge in [-0.15, -0.1) is 0 Å². The molecule has 14 heavy (non-hydrogen) atoms. The molecular weight excluding hydrogens is 196 g/mol. The molecule has 2 aliphatic rings. The van der Waals surface area contributed by atoms with Crippen LogP contribution < -0.4 is 10.2 Å². The van der Waals surface area contributed by atoms with Crippen molar-refractivity contribution in [2.45, 2.75) is 24.9 Å². The predicted molar refractivity (Wildman–Crippen MR) is 56.6 cm³/mol. The topological polar surface area (TPSA) is 32.3 Å². The number of rotatable bonds is 1. The third-order valence-corrected chi connectivity index (χ3v) is 3.76. The Balaban J connectivity index is 1.94. The van der Waals surface area contributed by atoms with Gasteiger partial charge in [-0.1, -0.05) is 0 Å². The van der Waals surface area contributed by atoms with Crippen molar-refractivity contribution in [2.75, 3.05) is 11.4 Å². The van der Waals surface area contributed by atoms with E-state index in [2.05, 4.69) is 10.7 Å². The Labute approximate surface area is 86.7 Å².